The third kappa shape index (κ3) is 5.16. The molecule has 0 aliphatic rings. The molecule has 0 aliphatic heterocycles. The summed E-state index contributed by atoms with van der Waals surface area (Å²) in [5.74, 6) is -0.187. The van der Waals surface area contributed by atoms with Crippen LogP contribution in [0.5, 0.6) is 0 Å². The van der Waals surface area contributed by atoms with Crippen molar-refractivity contribution in [2.45, 2.75) is 15.3 Å². The molecule has 0 aliphatic carbocycles. The van der Waals surface area contributed by atoms with Gasteiger partial charge in [0.05, 0.1) is 1.93 Å². The Balaban J connectivity index is 1.80. The molecule has 3 heteroatoms. The Hall–Kier alpha value is -1.21. The Morgan fingerprint density at radius 1 is 0.846 bits per heavy atom. The summed E-state index contributed by atoms with van der Waals surface area (Å²) in [7, 11) is 0. The monoisotopic (exact) mass is 568 g/mol. The van der Waals surface area contributed by atoms with E-state index in [-0.39, 0.29) is 5.82 Å². The van der Waals surface area contributed by atoms with Gasteiger partial charge in [-0.15, -0.1) is 0 Å². The molecule has 0 nitrogen and oxygen atoms in total. The van der Waals surface area contributed by atoms with Gasteiger partial charge in [-0.05, 0) is 41.7 Å². The first-order chi connectivity index (χ1) is 12.5. The number of hydrogen-bond donors (Lipinski definition) is 0. The van der Waals surface area contributed by atoms with Crippen LogP contribution >= 0.6 is 45.2 Å². The van der Waals surface area contributed by atoms with E-state index >= 15 is 0 Å². The first-order valence-corrected chi connectivity index (χ1v) is 10.9. The Morgan fingerprint density at radius 2 is 1.46 bits per heavy atom. The zero-order valence-electron chi connectivity index (χ0n) is 14.4. The van der Waals surface area contributed by atoms with Gasteiger partial charge in [-0.1, -0.05) is 124 Å². The summed E-state index contributed by atoms with van der Waals surface area (Å²) in [5, 5.41) is 0. The van der Waals surface area contributed by atoms with Crippen LogP contribution in [0.25, 0.3) is 22.3 Å². The number of rotatable bonds is 5. The fourth-order valence-electron chi connectivity index (χ4n) is 2.80. The lowest BCUT2D eigenvalue weighted by Gasteiger charge is -2.08. The van der Waals surface area contributed by atoms with E-state index in [4.69, 9.17) is 0 Å². The molecule has 0 atom stereocenters. The summed E-state index contributed by atoms with van der Waals surface area (Å²) in [4.78, 5) is 0. The molecule has 0 bridgehead atoms. The van der Waals surface area contributed by atoms with Gasteiger partial charge in [0.25, 0.3) is 0 Å². The number of alkyl halides is 2. The van der Waals surface area contributed by atoms with Crippen molar-refractivity contribution < 1.29 is 4.39 Å². The molecular formula is C23H19FI2. The average Bonchev–Trinajstić information content (AvgIpc) is 2.63. The molecule has 0 unspecified atom stereocenters. The number of halogens is 3. The lowest BCUT2D eigenvalue weighted by Crippen LogP contribution is -1.88. The fourth-order valence-corrected chi connectivity index (χ4v) is 3.39. The smallest absolute Gasteiger partial charge is 0.131 e. The van der Waals surface area contributed by atoms with Crippen LogP contribution in [0.4, 0.5) is 4.39 Å². The van der Waals surface area contributed by atoms with E-state index in [1.54, 1.807) is 6.07 Å². The third-order valence-corrected chi connectivity index (χ3v) is 5.08. The summed E-state index contributed by atoms with van der Waals surface area (Å²) >= 11 is 4.74. The highest BCUT2D eigenvalue weighted by atomic mass is 127. The van der Waals surface area contributed by atoms with Gasteiger partial charge in [0, 0.05) is 5.56 Å². The minimum Gasteiger partial charge on any atom is -0.206 e. The highest BCUT2D eigenvalue weighted by Crippen LogP contribution is 2.28. The molecule has 0 fully saturated rings. The first-order valence-electron chi connectivity index (χ1n) is 8.43. The second-order valence-electron chi connectivity index (χ2n) is 6.22. The topological polar surface area (TPSA) is 0 Å². The standard InChI is InChI=1S/C23H19FI2/c1-16-5-9-18(10-6-16)20-13-14-21(22(24)15-20)19-11-7-17(8-12-19)3-2-4-23(25)26/h2,4-15,23H,3H2,1H3. The first kappa shape index (κ1) is 19.5. The summed E-state index contributed by atoms with van der Waals surface area (Å²) in [6.45, 7) is 2.05. The molecule has 0 amide bonds. The van der Waals surface area contributed by atoms with Crippen LogP contribution in [-0.2, 0) is 6.42 Å². The van der Waals surface area contributed by atoms with E-state index in [9.17, 15) is 4.39 Å². The van der Waals surface area contributed by atoms with Crippen molar-refractivity contribution in [3.8, 4) is 22.3 Å². The largest absolute Gasteiger partial charge is 0.206 e. The highest BCUT2D eigenvalue weighted by molar-refractivity contribution is 14.2. The lowest BCUT2D eigenvalue weighted by molar-refractivity contribution is 0.632. The van der Waals surface area contributed by atoms with Crippen LogP contribution in [-0.4, -0.2) is 1.93 Å². The van der Waals surface area contributed by atoms with Gasteiger partial charge in [-0.3, -0.25) is 0 Å². The van der Waals surface area contributed by atoms with Crippen molar-refractivity contribution in [2.75, 3.05) is 0 Å². The molecular weight excluding hydrogens is 549 g/mol. The number of allylic oxidation sites excluding steroid dienone is 2. The van der Waals surface area contributed by atoms with Gasteiger partial charge < -0.3 is 0 Å². The van der Waals surface area contributed by atoms with Gasteiger partial charge in [-0.25, -0.2) is 4.39 Å². The maximum Gasteiger partial charge on any atom is 0.131 e. The van der Waals surface area contributed by atoms with Crippen LogP contribution in [0.1, 0.15) is 11.1 Å². The van der Waals surface area contributed by atoms with E-state index in [1.165, 1.54) is 11.1 Å². The molecule has 0 N–H and O–H groups in total. The molecule has 0 radical (unpaired) electrons. The molecule has 26 heavy (non-hydrogen) atoms. The summed E-state index contributed by atoms with van der Waals surface area (Å²) in [6.07, 6.45) is 5.26. The van der Waals surface area contributed by atoms with Crippen molar-refractivity contribution in [3.63, 3.8) is 0 Å². The maximum absolute atomic E-state index is 14.7. The number of aryl methyl sites for hydroxylation is 1. The van der Waals surface area contributed by atoms with E-state index in [2.05, 4.69) is 76.4 Å². The Morgan fingerprint density at radius 3 is 2.08 bits per heavy atom. The average molecular weight is 568 g/mol. The summed E-state index contributed by atoms with van der Waals surface area (Å²) in [6, 6.07) is 21.8. The van der Waals surface area contributed by atoms with E-state index < -0.39 is 0 Å². The van der Waals surface area contributed by atoms with Gasteiger partial charge in [0.2, 0.25) is 0 Å². The van der Waals surface area contributed by atoms with E-state index in [0.717, 1.165) is 23.1 Å². The quantitative estimate of drug-likeness (QED) is 0.168. The molecule has 3 rings (SSSR count). The third-order valence-electron chi connectivity index (χ3n) is 4.25. The number of benzene rings is 3. The number of hydrogen-bond acceptors (Lipinski definition) is 0. The van der Waals surface area contributed by atoms with Crippen LogP contribution < -0.4 is 0 Å². The molecule has 0 saturated carbocycles. The van der Waals surface area contributed by atoms with Crippen molar-refractivity contribution in [2.24, 2.45) is 0 Å². The molecule has 3 aromatic rings. The minimum atomic E-state index is -0.187. The van der Waals surface area contributed by atoms with Crippen LogP contribution in [0, 0.1) is 12.7 Å². The van der Waals surface area contributed by atoms with Crippen molar-refractivity contribution in [1.82, 2.24) is 0 Å². The van der Waals surface area contributed by atoms with E-state index in [1.807, 2.05) is 48.5 Å². The maximum atomic E-state index is 14.7. The normalized spacial score (nSPS) is 11.4. The molecule has 0 heterocycles. The van der Waals surface area contributed by atoms with E-state index in [0.29, 0.717) is 7.49 Å². The fraction of sp³-hybridized carbons (Fsp3) is 0.130. The van der Waals surface area contributed by atoms with Gasteiger partial charge in [0.15, 0.2) is 0 Å². The predicted molar refractivity (Wildman–Crippen MR) is 127 cm³/mol. The lowest BCUT2D eigenvalue weighted by atomic mass is 9.98. The molecule has 3 aromatic carbocycles. The Labute approximate surface area is 181 Å². The minimum absolute atomic E-state index is 0.187. The van der Waals surface area contributed by atoms with Crippen LogP contribution in [0.15, 0.2) is 78.9 Å². The van der Waals surface area contributed by atoms with Crippen LogP contribution in [0.3, 0.4) is 0 Å². The molecule has 0 saturated heterocycles. The van der Waals surface area contributed by atoms with Gasteiger partial charge in [0.1, 0.15) is 5.82 Å². The zero-order chi connectivity index (χ0) is 18.5. The van der Waals surface area contributed by atoms with Crippen molar-refractivity contribution in [1.29, 1.82) is 0 Å². The van der Waals surface area contributed by atoms with Gasteiger partial charge in [-0.2, -0.15) is 0 Å². The second kappa shape index (κ2) is 9.13. The van der Waals surface area contributed by atoms with Crippen molar-refractivity contribution in [3.05, 3.63) is 95.8 Å². The summed E-state index contributed by atoms with van der Waals surface area (Å²) < 4.78 is 15.2. The van der Waals surface area contributed by atoms with Crippen molar-refractivity contribution >= 4 is 45.2 Å². The van der Waals surface area contributed by atoms with Gasteiger partial charge >= 0.3 is 0 Å². The molecule has 132 valence electrons. The summed E-state index contributed by atoms with van der Waals surface area (Å²) in [5.41, 5.74) is 5.92. The molecule has 0 spiro atoms. The highest BCUT2D eigenvalue weighted by Gasteiger charge is 2.07. The Bertz CT molecular complexity index is 894. The predicted octanol–water partition coefficient (Wildman–Crippen LogP) is 7.76. The molecule has 0 aromatic heterocycles. The van der Waals surface area contributed by atoms with Crippen LogP contribution in [0.2, 0.25) is 0 Å². The zero-order valence-corrected chi connectivity index (χ0v) is 18.7. The SMILES string of the molecule is Cc1ccc(-c2ccc(-c3ccc(CC=CC(I)I)cc3)c(F)c2)cc1. The Kier molecular flexibility index (Phi) is 6.86. The second-order valence-corrected chi connectivity index (χ2v) is 11.3.